The van der Waals surface area contributed by atoms with E-state index in [2.05, 4.69) is 61.5 Å². The number of hydrogen-bond donors (Lipinski definition) is 0. The van der Waals surface area contributed by atoms with Crippen molar-refractivity contribution in [1.82, 2.24) is 0 Å². The first-order valence-electron chi connectivity index (χ1n) is 8.36. The molecule has 2 aromatic carbocycles. The molecular formula is C22H27Cl2SiZr. The van der Waals surface area contributed by atoms with E-state index in [1.54, 1.807) is 0 Å². The Morgan fingerprint density at radius 1 is 0.923 bits per heavy atom. The van der Waals surface area contributed by atoms with E-state index in [-0.39, 0.29) is 51.0 Å². The second-order valence-corrected chi connectivity index (χ2v) is 4.90. The zero-order valence-electron chi connectivity index (χ0n) is 16.1. The smallest absolute Gasteiger partial charge is 1.00 e. The van der Waals surface area contributed by atoms with E-state index in [1.807, 2.05) is 42.8 Å². The fourth-order valence-electron chi connectivity index (χ4n) is 2.50. The van der Waals surface area contributed by atoms with Crippen molar-refractivity contribution in [2.75, 3.05) is 0 Å². The normalized spacial score (nSPS) is 10.9. The van der Waals surface area contributed by atoms with Crippen molar-refractivity contribution in [1.29, 1.82) is 0 Å². The van der Waals surface area contributed by atoms with Crippen molar-refractivity contribution < 1.29 is 51.0 Å². The molecule has 4 rings (SSSR count). The summed E-state index contributed by atoms with van der Waals surface area (Å²) in [5, 5.41) is 0. The van der Waals surface area contributed by atoms with Gasteiger partial charge < -0.3 is 24.8 Å². The van der Waals surface area contributed by atoms with Gasteiger partial charge in [-0.2, -0.15) is 35.9 Å². The molecule has 26 heavy (non-hydrogen) atoms. The van der Waals surface area contributed by atoms with Crippen LogP contribution in [0.25, 0.3) is 11.1 Å². The summed E-state index contributed by atoms with van der Waals surface area (Å²) >= 11 is 0. The Morgan fingerprint density at radius 3 is 2.08 bits per heavy atom. The predicted octanol–water partition coefficient (Wildman–Crippen LogP) is -0.547. The summed E-state index contributed by atoms with van der Waals surface area (Å²) < 4.78 is 0. The zero-order valence-corrected chi connectivity index (χ0v) is 21.5. The molecule has 0 spiro atoms. The van der Waals surface area contributed by atoms with E-state index in [9.17, 15) is 0 Å². The van der Waals surface area contributed by atoms with Gasteiger partial charge in [-0.1, -0.05) is 55.8 Å². The van der Waals surface area contributed by atoms with Crippen LogP contribution in [-0.4, -0.2) is 10.2 Å². The molecule has 2 aliphatic carbocycles. The maximum absolute atomic E-state index is 3.30. The third kappa shape index (κ3) is 9.00. The van der Waals surface area contributed by atoms with Crippen molar-refractivity contribution in [2.45, 2.75) is 40.2 Å². The van der Waals surface area contributed by atoms with Crippen molar-refractivity contribution in [3.63, 3.8) is 0 Å². The van der Waals surface area contributed by atoms with E-state index >= 15 is 0 Å². The minimum Gasteiger partial charge on any atom is -1.00 e. The summed E-state index contributed by atoms with van der Waals surface area (Å²) in [6.45, 7) is 8.11. The second-order valence-electron chi connectivity index (χ2n) is 4.90. The van der Waals surface area contributed by atoms with Crippen molar-refractivity contribution >= 4 is 10.2 Å². The van der Waals surface area contributed by atoms with Crippen LogP contribution in [0.5, 0.6) is 0 Å². The molecule has 1 radical (unpaired) electrons. The number of halogens is 2. The predicted molar refractivity (Wildman–Crippen MR) is 105 cm³/mol. The first-order chi connectivity index (χ1) is 11.3. The third-order valence-electron chi connectivity index (χ3n) is 3.49. The van der Waals surface area contributed by atoms with Gasteiger partial charge >= 0.3 is 26.2 Å². The van der Waals surface area contributed by atoms with E-state index < -0.39 is 0 Å². The quantitative estimate of drug-likeness (QED) is 0.299. The van der Waals surface area contributed by atoms with Crippen LogP contribution in [0.1, 0.15) is 38.3 Å². The summed E-state index contributed by atoms with van der Waals surface area (Å²) in [4.78, 5) is 0. The first kappa shape index (κ1) is 30.3. The number of hydrogen-bond acceptors (Lipinski definition) is 0. The molecule has 137 valence electrons. The fraction of sp³-hybridized carbons (Fsp3) is 0.273. The molecule has 0 saturated carbocycles. The van der Waals surface area contributed by atoms with E-state index in [1.165, 1.54) is 27.8 Å². The average Bonchev–Trinajstić information content (AvgIpc) is 3.25. The molecule has 0 bridgehead atoms. The van der Waals surface area contributed by atoms with Crippen LogP contribution in [-0.2, 0) is 32.6 Å². The van der Waals surface area contributed by atoms with Gasteiger partial charge in [-0.15, -0.1) is 18.9 Å². The fourth-order valence-corrected chi connectivity index (χ4v) is 2.50. The average molecular weight is 482 g/mol. The van der Waals surface area contributed by atoms with Crippen LogP contribution in [0.3, 0.4) is 0 Å². The van der Waals surface area contributed by atoms with Gasteiger partial charge in [0, 0.05) is 10.2 Å². The molecule has 4 heteroatoms. The first-order valence-corrected chi connectivity index (χ1v) is 9.78. The molecule has 2 aromatic rings. The van der Waals surface area contributed by atoms with Crippen LogP contribution in [0.2, 0.25) is 6.55 Å². The molecule has 0 saturated heterocycles. The topological polar surface area (TPSA) is 0 Å². The number of fused-ring (bicyclic) bond motifs is 3. The maximum atomic E-state index is 3.30. The molecule has 0 nitrogen and oxygen atoms in total. The molecular weight excluding hydrogens is 454 g/mol. The summed E-state index contributed by atoms with van der Waals surface area (Å²) in [6.07, 6.45) is 9.29. The maximum Gasteiger partial charge on any atom is 4.00 e. The van der Waals surface area contributed by atoms with Crippen molar-refractivity contribution in [3.05, 3.63) is 83.5 Å². The van der Waals surface area contributed by atoms with Gasteiger partial charge in [0.1, 0.15) is 0 Å². The molecule has 0 fully saturated rings. The molecule has 0 heterocycles. The van der Waals surface area contributed by atoms with Crippen LogP contribution in [0.4, 0.5) is 0 Å². The summed E-state index contributed by atoms with van der Waals surface area (Å²) in [5.41, 5.74) is 6.85. The third-order valence-corrected chi connectivity index (χ3v) is 3.49. The van der Waals surface area contributed by atoms with E-state index in [4.69, 9.17) is 0 Å². The SMILES string of the molecule is CC.CC1=CC[C-]=C1.C[SiH2].[Cl-].[Cl-].[Zr+4].[c-]1cccc2c1Cc1ccccc1-2. The molecule has 0 aliphatic heterocycles. The van der Waals surface area contributed by atoms with Crippen LogP contribution in [0.15, 0.2) is 60.2 Å². The molecule has 2 aliphatic rings. The van der Waals surface area contributed by atoms with Gasteiger partial charge in [-0.25, -0.2) is 11.6 Å². The van der Waals surface area contributed by atoms with Crippen LogP contribution >= 0.6 is 0 Å². The standard InChI is InChI=1S/C13H9.C6H7.C2H6.CH5Si.2ClH.Zr/c1-3-7-12-10(5-1)9-11-6-2-4-8-13(11)12;1-6-4-2-3-5-6;2*1-2;;;/h1-5,7-8H,9H2;4-5H,2H2,1H3;1-2H3;2H2,1H3;2*1H;/q2*-1;;;;;+4/p-2. The number of benzene rings is 2. The Morgan fingerprint density at radius 2 is 1.54 bits per heavy atom. The second kappa shape index (κ2) is 18.0. The Bertz CT molecular complexity index is 620. The van der Waals surface area contributed by atoms with Crippen molar-refractivity contribution in [2.24, 2.45) is 0 Å². The Hall–Kier alpha value is -0.400. The van der Waals surface area contributed by atoms with Gasteiger partial charge in [0.25, 0.3) is 0 Å². The van der Waals surface area contributed by atoms with Gasteiger partial charge in [-0.05, 0) is 6.42 Å². The minimum absolute atomic E-state index is 0. The van der Waals surface area contributed by atoms with E-state index in [0.717, 1.165) is 12.8 Å². The molecule has 0 N–H and O–H groups in total. The van der Waals surface area contributed by atoms with Crippen LogP contribution in [0, 0.1) is 12.1 Å². The molecule has 0 unspecified atom stereocenters. The number of rotatable bonds is 0. The summed E-state index contributed by atoms with van der Waals surface area (Å²) in [5.74, 6) is 0. The molecule has 0 aromatic heterocycles. The number of allylic oxidation sites excluding steroid dienone is 4. The van der Waals surface area contributed by atoms with Crippen LogP contribution < -0.4 is 24.8 Å². The molecule has 0 amide bonds. The monoisotopic (exact) mass is 479 g/mol. The zero-order chi connectivity index (χ0) is 17.1. The molecule has 0 atom stereocenters. The summed E-state index contributed by atoms with van der Waals surface area (Å²) in [7, 11) is 1.86. The Labute approximate surface area is 194 Å². The van der Waals surface area contributed by atoms with Gasteiger partial charge in [0.2, 0.25) is 0 Å². The minimum atomic E-state index is 0. The van der Waals surface area contributed by atoms with Gasteiger partial charge in [-0.3, -0.25) is 6.08 Å². The Balaban J connectivity index is -0.000000354. The van der Waals surface area contributed by atoms with Gasteiger partial charge in [0.15, 0.2) is 0 Å². The Kier molecular flexibility index (Phi) is 21.0. The van der Waals surface area contributed by atoms with Crippen molar-refractivity contribution in [3.8, 4) is 11.1 Å². The van der Waals surface area contributed by atoms with Gasteiger partial charge in [0.05, 0.1) is 0 Å². The van der Waals surface area contributed by atoms with E-state index in [0.29, 0.717) is 0 Å². The largest absolute Gasteiger partial charge is 4.00 e. The summed E-state index contributed by atoms with van der Waals surface area (Å²) in [6, 6.07) is 18.1.